The molecule has 2 aliphatic rings. The Kier molecular flexibility index (Phi) is 3.78. The van der Waals surface area contributed by atoms with Gasteiger partial charge < -0.3 is 15.2 Å². The Morgan fingerprint density at radius 1 is 1.24 bits per heavy atom. The van der Waals surface area contributed by atoms with E-state index in [-0.39, 0.29) is 11.8 Å². The van der Waals surface area contributed by atoms with E-state index in [1.54, 1.807) is 0 Å². The Balaban J connectivity index is 1.74. The largest absolute Gasteiger partial charge is 0.369 e. The number of aromatic nitrogens is 1. The van der Waals surface area contributed by atoms with Crippen LogP contribution >= 0.6 is 12.2 Å². The van der Waals surface area contributed by atoms with Crippen molar-refractivity contribution in [2.75, 3.05) is 13.1 Å². The van der Waals surface area contributed by atoms with Crippen molar-refractivity contribution in [2.45, 2.75) is 45.6 Å². The van der Waals surface area contributed by atoms with E-state index >= 15 is 0 Å². The first kappa shape index (κ1) is 14.6. The number of hydrogen-bond acceptors (Lipinski definition) is 2. The summed E-state index contributed by atoms with van der Waals surface area (Å²) < 4.78 is 2.43. The lowest BCUT2D eigenvalue weighted by Gasteiger charge is -2.32. The van der Waals surface area contributed by atoms with E-state index in [0.717, 1.165) is 30.9 Å². The van der Waals surface area contributed by atoms with Gasteiger partial charge in [-0.1, -0.05) is 12.2 Å². The number of hydrogen-bond donors (Lipinski definition) is 1. The van der Waals surface area contributed by atoms with Crippen molar-refractivity contribution in [1.29, 1.82) is 0 Å². The van der Waals surface area contributed by atoms with Gasteiger partial charge in [0.25, 0.3) is 0 Å². The summed E-state index contributed by atoms with van der Waals surface area (Å²) in [5.41, 5.74) is 9.17. The van der Waals surface area contributed by atoms with E-state index in [0.29, 0.717) is 6.04 Å². The number of aryl methyl sites for hydroxylation is 1. The minimum absolute atomic E-state index is 0.0166. The highest BCUT2D eigenvalue weighted by Crippen LogP contribution is 2.38. The van der Waals surface area contributed by atoms with Gasteiger partial charge in [-0.15, -0.1) is 0 Å². The molecule has 0 unspecified atom stereocenters. The lowest BCUT2D eigenvalue weighted by Crippen LogP contribution is -2.41. The van der Waals surface area contributed by atoms with Crippen molar-refractivity contribution < 1.29 is 4.79 Å². The third-order valence-electron chi connectivity index (χ3n) is 4.81. The van der Waals surface area contributed by atoms with Gasteiger partial charge in [-0.2, -0.15) is 0 Å². The molecule has 1 aromatic rings. The highest BCUT2D eigenvalue weighted by atomic mass is 32.1. The van der Waals surface area contributed by atoms with Crippen molar-refractivity contribution in [2.24, 2.45) is 11.7 Å². The molecule has 0 radical (unpaired) electrons. The number of carbonyl (C=O) groups is 1. The lowest BCUT2D eigenvalue weighted by molar-refractivity contribution is -0.122. The second-order valence-electron chi connectivity index (χ2n) is 6.35. The molecule has 0 spiro atoms. The highest BCUT2D eigenvalue weighted by molar-refractivity contribution is 7.80. The molecule has 114 valence electrons. The third-order valence-corrected chi connectivity index (χ3v) is 5.29. The fraction of sp³-hybridized carbons (Fsp3) is 0.625. The number of piperidine rings is 1. The van der Waals surface area contributed by atoms with E-state index in [1.807, 2.05) is 0 Å². The minimum Gasteiger partial charge on any atom is -0.369 e. The minimum atomic E-state index is -0.174. The molecule has 1 amide bonds. The fourth-order valence-electron chi connectivity index (χ4n) is 3.43. The van der Waals surface area contributed by atoms with Crippen LogP contribution in [0.15, 0.2) is 6.07 Å². The zero-order valence-electron chi connectivity index (χ0n) is 12.8. The molecule has 1 aliphatic carbocycles. The smallest absolute Gasteiger partial charge is 0.220 e. The summed E-state index contributed by atoms with van der Waals surface area (Å²) in [5.74, 6) is -0.157. The molecular formula is C16H23N3OS. The second-order valence-corrected chi connectivity index (χ2v) is 6.74. The van der Waals surface area contributed by atoms with Crippen LogP contribution in [0.5, 0.6) is 0 Å². The molecular weight excluding hydrogens is 282 g/mol. The summed E-state index contributed by atoms with van der Waals surface area (Å²) in [6, 6.07) is 2.90. The normalized spacial score (nSPS) is 19.8. The second kappa shape index (κ2) is 5.44. The molecule has 1 aromatic heterocycles. The molecule has 1 saturated carbocycles. The van der Waals surface area contributed by atoms with Crippen molar-refractivity contribution in [1.82, 2.24) is 9.47 Å². The van der Waals surface area contributed by atoms with Gasteiger partial charge in [0.1, 0.15) is 4.99 Å². The number of amides is 1. The average molecular weight is 305 g/mol. The molecule has 2 fully saturated rings. The fourth-order valence-corrected chi connectivity index (χ4v) is 3.81. The van der Waals surface area contributed by atoms with E-state index in [9.17, 15) is 4.79 Å². The maximum absolute atomic E-state index is 11.3. The van der Waals surface area contributed by atoms with Gasteiger partial charge in [0.15, 0.2) is 0 Å². The van der Waals surface area contributed by atoms with Crippen LogP contribution in [0.25, 0.3) is 0 Å². The van der Waals surface area contributed by atoms with Crippen molar-refractivity contribution >= 4 is 23.1 Å². The van der Waals surface area contributed by atoms with Crippen LogP contribution in [0.3, 0.4) is 0 Å². The maximum Gasteiger partial charge on any atom is 0.220 e. The molecule has 2 heterocycles. The Labute approximate surface area is 131 Å². The topological polar surface area (TPSA) is 51.3 Å². The number of primary amides is 1. The Bertz CT molecular complexity index is 581. The first-order chi connectivity index (χ1) is 9.99. The molecule has 1 aliphatic heterocycles. The molecule has 21 heavy (non-hydrogen) atoms. The zero-order chi connectivity index (χ0) is 15.1. The summed E-state index contributed by atoms with van der Waals surface area (Å²) in [6.07, 6.45) is 4.20. The van der Waals surface area contributed by atoms with E-state index in [2.05, 4.69) is 29.4 Å². The van der Waals surface area contributed by atoms with Crippen LogP contribution < -0.4 is 5.73 Å². The Hall–Kier alpha value is -1.36. The summed E-state index contributed by atoms with van der Waals surface area (Å²) in [7, 11) is 0. The standard InChI is InChI=1S/C16H23N3OS/c1-10-9-14(11(2)19(10)13-3-4-13)16(21)18-7-5-12(6-8-18)15(17)20/h9,12-13H,3-8H2,1-2H3,(H2,17,20). The number of likely N-dealkylation sites (tertiary alicyclic amines) is 1. The quantitative estimate of drug-likeness (QED) is 0.872. The van der Waals surface area contributed by atoms with Gasteiger partial charge in [-0.05, 0) is 45.6 Å². The molecule has 1 saturated heterocycles. The van der Waals surface area contributed by atoms with Crippen LogP contribution in [0.2, 0.25) is 0 Å². The summed E-state index contributed by atoms with van der Waals surface area (Å²) in [4.78, 5) is 14.4. The molecule has 0 bridgehead atoms. The van der Waals surface area contributed by atoms with Crippen LogP contribution in [0.1, 0.15) is 48.7 Å². The number of rotatable bonds is 3. The van der Waals surface area contributed by atoms with Crippen molar-refractivity contribution in [3.8, 4) is 0 Å². The predicted octanol–water partition coefficient (Wildman–Crippen LogP) is 2.31. The molecule has 5 heteroatoms. The number of nitrogens with two attached hydrogens (primary N) is 1. The van der Waals surface area contributed by atoms with Crippen molar-refractivity contribution in [3.63, 3.8) is 0 Å². The van der Waals surface area contributed by atoms with Crippen LogP contribution in [-0.4, -0.2) is 33.5 Å². The summed E-state index contributed by atoms with van der Waals surface area (Å²) >= 11 is 5.71. The lowest BCUT2D eigenvalue weighted by atomic mass is 9.96. The monoisotopic (exact) mass is 305 g/mol. The number of carbonyl (C=O) groups excluding carboxylic acids is 1. The first-order valence-corrected chi connectivity index (χ1v) is 8.17. The Morgan fingerprint density at radius 3 is 2.38 bits per heavy atom. The SMILES string of the molecule is Cc1cc(C(=S)N2CCC(C(N)=O)CC2)c(C)n1C1CC1. The Morgan fingerprint density at radius 2 is 1.86 bits per heavy atom. The molecule has 0 aromatic carbocycles. The van der Waals surface area contributed by atoms with Gasteiger partial charge in [0.2, 0.25) is 5.91 Å². The van der Waals surface area contributed by atoms with Crippen LogP contribution in [0, 0.1) is 19.8 Å². The summed E-state index contributed by atoms with van der Waals surface area (Å²) in [5, 5.41) is 0. The van der Waals surface area contributed by atoms with Gasteiger partial charge in [0.05, 0.1) is 0 Å². The van der Waals surface area contributed by atoms with E-state index in [4.69, 9.17) is 18.0 Å². The zero-order valence-corrected chi connectivity index (χ0v) is 13.6. The van der Waals surface area contributed by atoms with Crippen LogP contribution in [-0.2, 0) is 4.79 Å². The first-order valence-electron chi connectivity index (χ1n) is 7.76. The predicted molar refractivity (Wildman–Crippen MR) is 87.4 cm³/mol. The van der Waals surface area contributed by atoms with E-state index in [1.165, 1.54) is 29.8 Å². The van der Waals surface area contributed by atoms with E-state index < -0.39 is 0 Å². The molecule has 2 N–H and O–H groups in total. The third kappa shape index (κ3) is 2.71. The number of thiocarbonyl (C=S) groups is 1. The molecule has 4 nitrogen and oxygen atoms in total. The number of nitrogens with zero attached hydrogens (tertiary/aromatic N) is 2. The van der Waals surface area contributed by atoms with Gasteiger partial charge in [0, 0.05) is 42.0 Å². The van der Waals surface area contributed by atoms with Gasteiger partial charge >= 0.3 is 0 Å². The molecule has 0 atom stereocenters. The van der Waals surface area contributed by atoms with Crippen LogP contribution in [0.4, 0.5) is 0 Å². The van der Waals surface area contributed by atoms with Gasteiger partial charge in [-0.3, -0.25) is 4.79 Å². The van der Waals surface area contributed by atoms with Crippen molar-refractivity contribution in [3.05, 3.63) is 23.0 Å². The summed E-state index contributed by atoms with van der Waals surface area (Å²) in [6.45, 7) is 6.00. The van der Waals surface area contributed by atoms with Gasteiger partial charge in [-0.25, -0.2) is 0 Å². The highest BCUT2D eigenvalue weighted by Gasteiger charge is 2.30. The molecule has 3 rings (SSSR count). The maximum atomic E-state index is 11.3. The average Bonchev–Trinajstić information content (AvgIpc) is 3.24.